The second-order valence-corrected chi connectivity index (χ2v) is 8.16. The van der Waals surface area contributed by atoms with Gasteiger partial charge in [-0.2, -0.15) is 11.8 Å². The molecule has 0 aliphatic heterocycles. The van der Waals surface area contributed by atoms with E-state index < -0.39 is 10.0 Å². The number of nitrogens with one attached hydrogen (secondary N) is 2. The molecule has 19 heavy (non-hydrogen) atoms. The van der Waals surface area contributed by atoms with Crippen LogP contribution < -0.4 is 9.60 Å². The van der Waals surface area contributed by atoms with Gasteiger partial charge in [-0.05, 0) is 31.8 Å². The number of hydrogen-bond donors (Lipinski definition) is 2. The van der Waals surface area contributed by atoms with Crippen LogP contribution in [0.1, 0.15) is 31.4 Å². The van der Waals surface area contributed by atoms with E-state index in [9.17, 15) is 13.2 Å². The summed E-state index contributed by atoms with van der Waals surface area (Å²) in [7, 11) is -3.53. The van der Waals surface area contributed by atoms with Crippen molar-refractivity contribution >= 4 is 33.1 Å². The quantitative estimate of drug-likeness (QED) is 0.681. The van der Waals surface area contributed by atoms with Gasteiger partial charge in [0, 0.05) is 12.2 Å². The summed E-state index contributed by atoms with van der Waals surface area (Å²) in [5.74, 6) is 1.15. The molecule has 0 aliphatic carbocycles. The summed E-state index contributed by atoms with van der Waals surface area (Å²) in [6, 6.07) is 0. The Morgan fingerprint density at radius 1 is 1.26 bits per heavy atom. The van der Waals surface area contributed by atoms with Gasteiger partial charge >= 0.3 is 4.87 Å². The zero-order valence-corrected chi connectivity index (χ0v) is 13.6. The lowest BCUT2D eigenvalue weighted by Crippen LogP contribution is -2.24. The topological polar surface area (TPSA) is 79.0 Å². The van der Waals surface area contributed by atoms with Crippen LogP contribution in [0.2, 0.25) is 0 Å². The zero-order valence-electron chi connectivity index (χ0n) is 11.2. The number of aryl methyl sites for hydroxylation is 1. The van der Waals surface area contributed by atoms with Crippen molar-refractivity contribution < 1.29 is 8.42 Å². The minimum atomic E-state index is -3.53. The van der Waals surface area contributed by atoms with Crippen molar-refractivity contribution in [2.45, 2.75) is 36.8 Å². The number of thiazole rings is 1. The molecule has 0 saturated heterocycles. The van der Waals surface area contributed by atoms with Crippen LogP contribution in [0.4, 0.5) is 0 Å². The first kappa shape index (κ1) is 16.7. The van der Waals surface area contributed by atoms with Gasteiger partial charge in [0.1, 0.15) is 0 Å². The van der Waals surface area contributed by atoms with Crippen molar-refractivity contribution in [1.29, 1.82) is 0 Å². The first-order valence-corrected chi connectivity index (χ1v) is 9.85. The molecule has 0 saturated carbocycles. The second-order valence-electron chi connectivity index (χ2n) is 4.23. The smallest absolute Gasteiger partial charge is 0.305 e. The summed E-state index contributed by atoms with van der Waals surface area (Å²) in [6.07, 6.45) is 6.22. The molecule has 0 spiro atoms. The van der Waals surface area contributed by atoms with Crippen molar-refractivity contribution in [2.75, 3.05) is 18.6 Å². The minimum absolute atomic E-state index is 0.0971. The second kappa shape index (κ2) is 8.08. The molecular weight excluding hydrogens is 304 g/mol. The molecule has 5 nitrogen and oxygen atoms in total. The highest BCUT2D eigenvalue weighted by molar-refractivity contribution is 7.98. The Morgan fingerprint density at radius 3 is 2.53 bits per heavy atom. The van der Waals surface area contributed by atoms with Gasteiger partial charge < -0.3 is 4.98 Å². The molecule has 2 N–H and O–H groups in total. The predicted molar refractivity (Wildman–Crippen MR) is 81.7 cm³/mol. The van der Waals surface area contributed by atoms with E-state index in [4.69, 9.17) is 0 Å². The summed E-state index contributed by atoms with van der Waals surface area (Å²) in [4.78, 5) is 13.2. The van der Waals surface area contributed by atoms with Crippen LogP contribution in [-0.2, 0) is 10.0 Å². The van der Waals surface area contributed by atoms with Crippen LogP contribution in [0.3, 0.4) is 0 Å². The van der Waals surface area contributed by atoms with Crippen LogP contribution in [-0.4, -0.2) is 32.0 Å². The van der Waals surface area contributed by atoms with Crippen molar-refractivity contribution in [1.82, 2.24) is 9.71 Å². The average molecular weight is 324 g/mol. The maximum atomic E-state index is 11.9. The first-order chi connectivity index (χ1) is 8.97. The summed E-state index contributed by atoms with van der Waals surface area (Å²) in [5.41, 5.74) is 0.405. The van der Waals surface area contributed by atoms with Crippen molar-refractivity contribution in [2.24, 2.45) is 0 Å². The number of hydrogen-bond acceptors (Lipinski definition) is 5. The maximum Gasteiger partial charge on any atom is 0.305 e. The van der Waals surface area contributed by atoms with Gasteiger partial charge in [-0.25, -0.2) is 13.1 Å². The number of thioether (sulfide) groups is 1. The number of aromatic nitrogens is 1. The zero-order chi connectivity index (χ0) is 14.3. The van der Waals surface area contributed by atoms with Crippen molar-refractivity contribution in [3.05, 3.63) is 15.4 Å². The standard InChI is InChI=1S/C11H20N2O3S3/c1-9-10(18-11(14)13-9)19(15,16)12-7-5-3-4-6-8-17-2/h12H,3-8H2,1-2H3,(H,13,14). The third-order valence-electron chi connectivity index (χ3n) is 2.59. The molecule has 0 radical (unpaired) electrons. The number of unbranched alkanes of at least 4 members (excludes halogenated alkanes) is 3. The highest BCUT2D eigenvalue weighted by Crippen LogP contribution is 2.15. The molecule has 8 heteroatoms. The van der Waals surface area contributed by atoms with Crippen molar-refractivity contribution in [3.63, 3.8) is 0 Å². The van der Waals surface area contributed by atoms with Gasteiger partial charge in [0.2, 0.25) is 0 Å². The molecule has 1 heterocycles. The normalized spacial score (nSPS) is 11.9. The van der Waals surface area contributed by atoms with E-state index in [-0.39, 0.29) is 9.08 Å². The summed E-state index contributed by atoms with van der Waals surface area (Å²) < 4.78 is 26.5. The monoisotopic (exact) mass is 324 g/mol. The minimum Gasteiger partial charge on any atom is -0.315 e. The van der Waals surface area contributed by atoms with Crippen LogP contribution >= 0.6 is 23.1 Å². The number of aromatic amines is 1. The highest BCUT2D eigenvalue weighted by atomic mass is 32.2. The molecular formula is C11H20N2O3S3. The average Bonchev–Trinajstić information content (AvgIpc) is 2.68. The Hall–Kier alpha value is -0.310. The van der Waals surface area contributed by atoms with E-state index in [1.54, 1.807) is 6.92 Å². The molecule has 0 unspecified atom stereocenters. The Bertz CT molecular complexity index is 534. The SMILES string of the molecule is CSCCCCCCNS(=O)(=O)c1sc(=O)[nH]c1C. The van der Waals surface area contributed by atoms with Gasteiger partial charge in [0.25, 0.3) is 10.0 Å². The molecule has 1 aromatic heterocycles. The lowest BCUT2D eigenvalue weighted by Gasteiger charge is -2.05. The summed E-state index contributed by atoms with van der Waals surface area (Å²) in [6.45, 7) is 2.02. The van der Waals surface area contributed by atoms with Crippen LogP contribution in [0.25, 0.3) is 0 Å². The van der Waals surface area contributed by atoms with E-state index in [0.717, 1.165) is 36.4 Å². The van der Waals surface area contributed by atoms with Gasteiger partial charge in [0.05, 0.1) is 0 Å². The molecule has 0 amide bonds. The third kappa shape index (κ3) is 5.68. The molecule has 110 valence electrons. The molecule has 0 aromatic carbocycles. The fourth-order valence-electron chi connectivity index (χ4n) is 1.64. The van der Waals surface area contributed by atoms with Gasteiger partial charge in [-0.15, -0.1) is 0 Å². The van der Waals surface area contributed by atoms with Gasteiger partial charge in [-0.1, -0.05) is 24.2 Å². The van der Waals surface area contributed by atoms with Crippen LogP contribution in [0.5, 0.6) is 0 Å². The van der Waals surface area contributed by atoms with E-state index in [1.165, 1.54) is 6.42 Å². The molecule has 0 atom stereocenters. The molecule has 1 aromatic rings. The number of rotatable bonds is 9. The number of H-pyrrole nitrogens is 1. The fourth-order valence-corrected chi connectivity index (χ4v) is 4.55. The molecule has 1 rings (SSSR count). The fraction of sp³-hybridized carbons (Fsp3) is 0.727. The largest absolute Gasteiger partial charge is 0.315 e. The van der Waals surface area contributed by atoms with Crippen LogP contribution in [0.15, 0.2) is 9.00 Å². The Morgan fingerprint density at radius 2 is 1.95 bits per heavy atom. The Labute approximate surface area is 122 Å². The highest BCUT2D eigenvalue weighted by Gasteiger charge is 2.19. The van der Waals surface area contributed by atoms with E-state index in [1.807, 2.05) is 11.8 Å². The molecule has 0 fully saturated rings. The predicted octanol–water partition coefficient (Wildman–Crippen LogP) is 1.95. The van der Waals surface area contributed by atoms with Gasteiger partial charge in [-0.3, -0.25) is 4.79 Å². The lowest BCUT2D eigenvalue weighted by atomic mass is 10.2. The summed E-state index contributed by atoms with van der Waals surface area (Å²) >= 11 is 2.56. The van der Waals surface area contributed by atoms with Gasteiger partial charge in [0.15, 0.2) is 4.21 Å². The van der Waals surface area contributed by atoms with E-state index >= 15 is 0 Å². The lowest BCUT2D eigenvalue weighted by molar-refractivity contribution is 0.575. The Kier molecular flexibility index (Phi) is 7.12. The maximum absolute atomic E-state index is 11.9. The number of sulfonamides is 1. The van der Waals surface area contributed by atoms with Crippen molar-refractivity contribution in [3.8, 4) is 0 Å². The molecule has 0 aliphatic rings. The third-order valence-corrected chi connectivity index (χ3v) is 6.36. The first-order valence-electron chi connectivity index (χ1n) is 6.15. The molecule has 0 bridgehead atoms. The van der Waals surface area contributed by atoms with E-state index in [2.05, 4.69) is 16.0 Å². The van der Waals surface area contributed by atoms with Crippen LogP contribution in [0, 0.1) is 6.92 Å². The van der Waals surface area contributed by atoms with E-state index in [0.29, 0.717) is 12.2 Å². The Balaban J connectivity index is 2.36. The summed E-state index contributed by atoms with van der Waals surface area (Å²) in [5, 5.41) is 0.